The Morgan fingerprint density at radius 3 is 2.61 bits per heavy atom. The van der Waals surface area contributed by atoms with Crippen molar-refractivity contribution in [2.45, 2.75) is 6.42 Å². The van der Waals surface area contributed by atoms with Crippen LogP contribution >= 0.6 is 25.9 Å². The van der Waals surface area contributed by atoms with Crippen molar-refractivity contribution in [2.24, 2.45) is 0 Å². The van der Waals surface area contributed by atoms with Crippen LogP contribution in [0.25, 0.3) is 10.9 Å². The monoisotopic (exact) mass is 552 g/mol. The average molecular weight is 553 g/mol. The first-order valence-electron chi connectivity index (χ1n) is 11.0. The maximum absolute atomic E-state index is 13.5. The van der Waals surface area contributed by atoms with Gasteiger partial charge < -0.3 is 24.5 Å². The van der Waals surface area contributed by atoms with E-state index in [4.69, 9.17) is 16.3 Å². The van der Waals surface area contributed by atoms with Gasteiger partial charge in [0.1, 0.15) is 23.7 Å². The largest absolute Gasteiger partial charge is 0.491 e. The van der Waals surface area contributed by atoms with E-state index in [0.717, 1.165) is 6.08 Å². The second-order valence-corrected chi connectivity index (χ2v) is 16.7. The summed E-state index contributed by atoms with van der Waals surface area (Å²) in [6.45, 7) is 8.66. The summed E-state index contributed by atoms with van der Waals surface area (Å²) in [4.78, 5) is 20.6. The summed E-state index contributed by atoms with van der Waals surface area (Å²) in [6, 6.07) is 7.52. The second kappa shape index (κ2) is 11.5. The van der Waals surface area contributed by atoms with Crippen molar-refractivity contribution >= 4 is 59.9 Å². The molecule has 1 unspecified atom stereocenters. The number of rotatable bonds is 11. The number of halogens is 2. The lowest BCUT2D eigenvalue weighted by molar-refractivity contribution is -0.111. The first-order chi connectivity index (χ1) is 16.9. The third kappa shape index (κ3) is 7.89. The molecule has 0 aliphatic rings. The van der Waals surface area contributed by atoms with E-state index in [1.165, 1.54) is 24.5 Å². The number of benzene rings is 2. The van der Waals surface area contributed by atoms with E-state index in [2.05, 4.69) is 27.2 Å². The number of nitrogens with one attached hydrogen (secondary N) is 2. The number of nitrogens with zero attached hydrogens (tertiary/aromatic N) is 2. The summed E-state index contributed by atoms with van der Waals surface area (Å²) in [5.41, 5.74) is 1.42. The zero-order valence-electron chi connectivity index (χ0n) is 20.3. The van der Waals surface area contributed by atoms with E-state index in [-0.39, 0.29) is 17.5 Å². The van der Waals surface area contributed by atoms with Crippen LogP contribution in [0.4, 0.5) is 21.6 Å². The molecule has 1 aromatic heterocycles. The second-order valence-electron chi connectivity index (χ2n) is 8.97. The number of carbonyl (C=O) groups excluding carboxylic acids is 1. The molecule has 192 valence electrons. The van der Waals surface area contributed by atoms with Crippen molar-refractivity contribution in [2.75, 3.05) is 49.3 Å². The Hall–Kier alpha value is -2.73. The van der Waals surface area contributed by atoms with Gasteiger partial charge in [-0.15, -0.1) is 0 Å². The van der Waals surface area contributed by atoms with E-state index in [0.29, 0.717) is 46.4 Å². The quantitative estimate of drug-likeness (QED) is 0.156. The lowest BCUT2D eigenvalue weighted by Crippen LogP contribution is -2.10. The molecule has 8 nitrogen and oxygen atoms in total. The number of anilines is 3. The molecule has 1 heterocycles. The van der Waals surface area contributed by atoms with E-state index < -0.39 is 26.0 Å². The summed E-state index contributed by atoms with van der Waals surface area (Å²) in [7, 11) is -4.94. The minimum absolute atomic E-state index is 0.0368. The van der Waals surface area contributed by atoms with Gasteiger partial charge in [0.25, 0.3) is 0 Å². The van der Waals surface area contributed by atoms with Gasteiger partial charge in [-0.1, -0.05) is 18.2 Å². The smallest absolute Gasteiger partial charge is 0.247 e. The van der Waals surface area contributed by atoms with Gasteiger partial charge in [0.15, 0.2) is 0 Å². The van der Waals surface area contributed by atoms with Crippen LogP contribution < -0.4 is 15.4 Å². The van der Waals surface area contributed by atoms with Crippen LogP contribution in [0.3, 0.4) is 0 Å². The van der Waals surface area contributed by atoms with Gasteiger partial charge in [-0.2, -0.15) is 0 Å². The van der Waals surface area contributed by atoms with Crippen molar-refractivity contribution in [3.05, 3.63) is 60.2 Å². The minimum Gasteiger partial charge on any atom is -0.491 e. The molecule has 0 aliphatic heterocycles. The molecule has 3 rings (SSSR count). The Kier molecular flexibility index (Phi) is 8.93. The lowest BCUT2D eigenvalue weighted by atomic mass is 10.1. The molecular formula is C24H28ClFN4O4P2. The van der Waals surface area contributed by atoms with Crippen LogP contribution in [-0.2, 0) is 13.9 Å². The predicted octanol–water partition coefficient (Wildman–Crippen LogP) is 6.63. The molecule has 0 aliphatic carbocycles. The Morgan fingerprint density at radius 2 is 1.94 bits per heavy atom. The third-order valence-corrected chi connectivity index (χ3v) is 11.7. The van der Waals surface area contributed by atoms with E-state index >= 15 is 0 Å². The fourth-order valence-corrected chi connectivity index (χ4v) is 11.0. The fourth-order valence-electron chi connectivity index (χ4n) is 3.67. The number of ether oxygens (including phenoxy) is 1. The number of carbonyl (C=O) groups is 1. The topological polar surface area (TPSA) is 110 Å². The Bertz CT molecular complexity index is 1400. The first kappa shape index (κ1) is 27.9. The first-order valence-corrected chi connectivity index (χ1v) is 16.7. The molecule has 1 amide bonds. The van der Waals surface area contributed by atoms with Crippen LogP contribution in [0, 0.1) is 5.82 Å². The maximum atomic E-state index is 13.5. The number of hydrogen-bond donors (Lipinski definition) is 2. The van der Waals surface area contributed by atoms with Crippen molar-refractivity contribution in [3.63, 3.8) is 0 Å². The Balaban J connectivity index is 1.86. The lowest BCUT2D eigenvalue weighted by Gasteiger charge is -2.17. The maximum Gasteiger partial charge on any atom is 0.247 e. The van der Waals surface area contributed by atoms with Gasteiger partial charge in [0.05, 0.1) is 43.0 Å². The highest BCUT2D eigenvalue weighted by Crippen LogP contribution is 2.55. The highest BCUT2D eigenvalue weighted by Gasteiger charge is 2.23. The molecule has 0 radical (unpaired) electrons. The van der Waals surface area contributed by atoms with Crippen molar-refractivity contribution in [1.29, 1.82) is 0 Å². The fraction of sp³-hybridized carbons (Fsp3) is 0.292. The van der Waals surface area contributed by atoms with Gasteiger partial charge >= 0.3 is 0 Å². The molecule has 1 atom stereocenters. The molecule has 0 saturated carbocycles. The minimum atomic E-state index is -2.55. The number of amides is 1. The van der Waals surface area contributed by atoms with Gasteiger partial charge in [-0.25, -0.2) is 14.4 Å². The number of fused-ring (bicyclic) bond motifs is 1. The Morgan fingerprint density at radius 1 is 1.19 bits per heavy atom. The van der Waals surface area contributed by atoms with Crippen molar-refractivity contribution in [3.8, 4) is 5.75 Å². The van der Waals surface area contributed by atoms with Gasteiger partial charge in [-0.05, 0) is 56.8 Å². The van der Waals surface area contributed by atoms with Gasteiger partial charge in [0.2, 0.25) is 5.91 Å². The predicted molar refractivity (Wildman–Crippen MR) is 146 cm³/mol. The van der Waals surface area contributed by atoms with Crippen LogP contribution in [0.5, 0.6) is 5.75 Å². The van der Waals surface area contributed by atoms with E-state index in [1.54, 1.807) is 32.1 Å². The number of hydrogen-bond acceptors (Lipinski definition) is 7. The summed E-state index contributed by atoms with van der Waals surface area (Å²) in [5, 5.41) is 6.34. The molecule has 0 bridgehead atoms. The molecule has 36 heavy (non-hydrogen) atoms. The van der Waals surface area contributed by atoms with Crippen LogP contribution in [-0.4, -0.2) is 54.5 Å². The van der Waals surface area contributed by atoms with Gasteiger partial charge in [0, 0.05) is 23.3 Å². The van der Waals surface area contributed by atoms with Crippen LogP contribution in [0.1, 0.15) is 6.42 Å². The molecule has 3 aromatic rings. The molecule has 2 N–H and O–H groups in total. The standard InChI is InChI=1S/C24H28ClFN4O4P2/c1-5-23(31)30-21-12-17-20(13-22(21)34-9-6-10-36(4,33)15-35(2,3)32)27-14-28-24(17)29-16-7-8-19(26)18(25)11-16/h5,7-8,11-14H,1,6,9-10,15H2,2-4H3,(H,30,31)(H,27,28,29). The van der Waals surface area contributed by atoms with Crippen LogP contribution in [0.15, 0.2) is 49.3 Å². The van der Waals surface area contributed by atoms with E-state index in [1.807, 2.05) is 0 Å². The molecule has 2 aromatic carbocycles. The highest BCUT2D eigenvalue weighted by atomic mass is 35.5. The summed E-state index contributed by atoms with van der Waals surface area (Å²) >= 11 is 5.88. The van der Waals surface area contributed by atoms with Crippen molar-refractivity contribution < 1.29 is 23.1 Å². The molecular weight excluding hydrogens is 525 g/mol. The molecule has 0 fully saturated rings. The van der Waals surface area contributed by atoms with E-state index in [9.17, 15) is 18.3 Å². The summed E-state index contributed by atoms with van der Waals surface area (Å²) in [6.07, 6.45) is 3.39. The zero-order chi connectivity index (χ0) is 26.5. The molecule has 0 spiro atoms. The average Bonchev–Trinajstić information content (AvgIpc) is 2.78. The Labute approximate surface area is 214 Å². The van der Waals surface area contributed by atoms with Gasteiger partial charge in [-0.3, -0.25) is 4.79 Å². The summed E-state index contributed by atoms with van der Waals surface area (Å²) in [5.74, 6) is 0.0377. The van der Waals surface area contributed by atoms with Crippen molar-refractivity contribution in [1.82, 2.24) is 9.97 Å². The molecule has 0 saturated heterocycles. The molecule has 12 heteroatoms. The summed E-state index contributed by atoms with van der Waals surface area (Å²) < 4.78 is 44.3. The SMILES string of the molecule is C=CC(=O)Nc1cc2c(Nc3ccc(F)c(Cl)c3)ncnc2cc1OCCCP(C)(=O)CP(C)(C)=O. The zero-order valence-corrected chi connectivity index (χ0v) is 22.8. The number of aromatic nitrogens is 2. The van der Waals surface area contributed by atoms with Crippen LogP contribution in [0.2, 0.25) is 5.02 Å². The third-order valence-electron chi connectivity index (χ3n) is 5.04. The normalized spacial score (nSPS) is 13.1. The highest BCUT2D eigenvalue weighted by molar-refractivity contribution is 7.79.